The third-order valence-corrected chi connectivity index (χ3v) is 4.10. The van der Waals surface area contributed by atoms with Crippen LogP contribution in [0.3, 0.4) is 0 Å². The molecule has 0 aromatic heterocycles. The fourth-order valence-corrected chi connectivity index (χ4v) is 3.15. The Hall–Kier alpha value is -0.920. The van der Waals surface area contributed by atoms with Gasteiger partial charge in [-0.15, -0.1) is 3.97 Å². The predicted octanol–water partition coefficient (Wildman–Crippen LogP) is 1.82. The average molecular weight is 295 g/mol. The van der Waals surface area contributed by atoms with Gasteiger partial charge in [0.05, 0.1) is 6.61 Å². The van der Waals surface area contributed by atoms with Gasteiger partial charge in [-0.2, -0.15) is 8.42 Å². The Bertz CT molecular complexity index is 517. The van der Waals surface area contributed by atoms with Crippen molar-refractivity contribution < 1.29 is 26.0 Å². The number of nitrogens with two attached hydrogens (primary N) is 1. The van der Waals surface area contributed by atoms with Gasteiger partial charge in [-0.05, 0) is 18.6 Å². The number of phosphoric acid groups is 1. The molecule has 0 saturated heterocycles. The molecule has 0 radical (unpaired) electrons. The molecule has 1 rings (SSSR count). The molecule has 1 atom stereocenters. The molecule has 1 unspecified atom stereocenters. The molecular formula is C9H14NO6PS. The van der Waals surface area contributed by atoms with Crippen LogP contribution in [0.15, 0.2) is 30.3 Å². The molecule has 0 heterocycles. The second-order valence-corrected chi connectivity index (χ2v) is 6.17. The molecule has 2 N–H and O–H groups in total. The summed E-state index contributed by atoms with van der Waals surface area (Å²) in [6.45, 7) is 1.77. The van der Waals surface area contributed by atoms with E-state index in [1.54, 1.807) is 25.1 Å². The predicted molar refractivity (Wildman–Crippen MR) is 65.1 cm³/mol. The number of rotatable bonds is 7. The molecule has 102 valence electrons. The highest BCUT2D eigenvalue weighted by molar-refractivity contribution is 7.88. The van der Waals surface area contributed by atoms with Gasteiger partial charge in [0.1, 0.15) is 5.75 Å². The van der Waals surface area contributed by atoms with Crippen LogP contribution >= 0.6 is 7.82 Å². The molecular weight excluding hydrogens is 281 g/mol. The van der Waals surface area contributed by atoms with E-state index in [2.05, 4.69) is 9.11 Å². The van der Waals surface area contributed by atoms with Crippen LogP contribution in [0.5, 0.6) is 5.75 Å². The minimum absolute atomic E-state index is 0.0135. The zero-order valence-corrected chi connectivity index (χ0v) is 11.4. The number of hydrogen-bond acceptors (Lipinski definition) is 6. The Morgan fingerprint density at radius 3 is 2.39 bits per heavy atom. The monoisotopic (exact) mass is 295 g/mol. The summed E-state index contributed by atoms with van der Waals surface area (Å²) in [6.07, 6.45) is 0.510. The van der Waals surface area contributed by atoms with Crippen molar-refractivity contribution in [1.82, 2.24) is 0 Å². The molecule has 0 aliphatic rings. The van der Waals surface area contributed by atoms with E-state index < -0.39 is 18.1 Å². The number of phosphoric ester groups is 1. The highest BCUT2D eigenvalue weighted by atomic mass is 32.2. The summed E-state index contributed by atoms with van der Waals surface area (Å²) in [6, 6.07) is 7.92. The Morgan fingerprint density at radius 1 is 1.28 bits per heavy atom. The standard InChI is InChI=1S/C9H14NO6PS/c1-2-8-14-17(11,16-18(10,12)13)15-9-6-4-3-5-7-9/h3-7H,2,8H2,1H3,(H2,10,12,13). The maximum Gasteiger partial charge on any atom is 0.546 e. The highest BCUT2D eigenvalue weighted by Crippen LogP contribution is 2.50. The molecule has 0 amide bonds. The average Bonchev–Trinajstić information content (AvgIpc) is 2.25. The fourth-order valence-electron chi connectivity index (χ4n) is 1.00. The van der Waals surface area contributed by atoms with Crippen molar-refractivity contribution >= 4 is 18.1 Å². The van der Waals surface area contributed by atoms with E-state index in [4.69, 9.17) is 9.05 Å². The first-order chi connectivity index (χ1) is 8.35. The maximum absolute atomic E-state index is 12.0. The fraction of sp³-hybridized carbons (Fsp3) is 0.333. The first kappa shape index (κ1) is 15.1. The molecule has 1 aromatic carbocycles. The van der Waals surface area contributed by atoms with E-state index in [0.29, 0.717) is 6.42 Å². The van der Waals surface area contributed by atoms with Gasteiger partial charge in [0.15, 0.2) is 0 Å². The molecule has 0 saturated carbocycles. The summed E-state index contributed by atoms with van der Waals surface area (Å²) in [5, 5.41) is 4.66. The number of benzene rings is 1. The van der Waals surface area contributed by atoms with Gasteiger partial charge in [-0.25, -0.2) is 9.70 Å². The van der Waals surface area contributed by atoms with Crippen LogP contribution in [-0.4, -0.2) is 15.0 Å². The first-order valence-corrected chi connectivity index (χ1v) is 8.01. The minimum Gasteiger partial charge on any atom is -0.403 e. The topological polar surface area (TPSA) is 105 Å². The van der Waals surface area contributed by atoms with E-state index >= 15 is 0 Å². The van der Waals surface area contributed by atoms with E-state index in [1.165, 1.54) is 12.1 Å². The van der Waals surface area contributed by atoms with Gasteiger partial charge in [0.25, 0.3) is 0 Å². The van der Waals surface area contributed by atoms with E-state index in [0.717, 1.165) is 0 Å². The molecule has 18 heavy (non-hydrogen) atoms. The van der Waals surface area contributed by atoms with Crippen molar-refractivity contribution in [2.45, 2.75) is 13.3 Å². The molecule has 1 aromatic rings. The van der Waals surface area contributed by atoms with Gasteiger partial charge in [0, 0.05) is 0 Å². The quantitative estimate of drug-likeness (QED) is 0.769. The van der Waals surface area contributed by atoms with E-state index in [1.807, 2.05) is 0 Å². The summed E-state index contributed by atoms with van der Waals surface area (Å²) in [4.78, 5) is 0. The lowest BCUT2D eigenvalue weighted by Gasteiger charge is -2.16. The van der Waals surface area contributed by atoms with Crippen LogP contribution in [-0.2, 0) is 23.4 Å². The maximum atomic E-state index is 12.0. The van der Waals surface area contributed by atoms with E-state index in [9.17, 15) is 13.0 Å². The van der Waals surface area contributed by atoms with Gasteiger partial charge in [0.2, 0.25) is 0 Å². The van der Waals surface area contributed by atoms with Crippen LogP contribution in [0, 0.1) is 0 Å². The van der Waals surface area contributed by atoms with Crippen molar-refractivity contribution in [3.63, 3.8) is 0 Å². The zero-order chi connectivity index (χ0) is 13.6. The Labute approximate surface area is 106 Å². The van der Waals surface area contributed by atoms with Crippen molar-refractivity contribution in [3.8, 4) is 5.75 Å². The molecule has 9 heteroatoms. The normalized spacial score (nSPS) is 15.0. The van der Waals surface area contributed by atoms with E-state index in [-0.39, 0.29) is 12.4 Å². The lowest BCUT2D eigenvalue weighted by molar-refractivity contribution is 0.212. The van der Waals surface area contributed by atoms with Crippen LogP contribution in [0.1, 0.15) is 13.3 Å². The molecule has 0 spiro atoms. The van der Waals surface area contributed by atoms with Crippen molar-refractivity contribution in [2.75, 3.05) is 6.61 Å². The van der Waals surface area contributed by atoms with Crippen LogP contribution in [0.4, 0.5) is 0 Å². The third-order valence-electron chi connectivity index (χ3n) is 1.61. The van der Waals surface area contributed by atoms with Crippen LogP contribution in [0.2, 0.25) is 0 Å². The summed E-state index contributed by atoms with van der Waals surface area (Å²) in [7, 11) is -8.74. The molecule has 0 aliphatic heterocycles. The first-order valence-electron chi connectivity index (χ1n) is 5.08. The second kappa shape index (κ2) is 6.31. The Morgan fingerprint density at radius 2 is 1.89 bits per heavy atom. The van der Waals surface area contributed by atoms with Crippen molar-refractivity contribution in [1.29, 1.82) is 0 Å². The van der Waals surface area contributed by atoms with Gasteiger partial charge < -0.3 is 4.52 Å². The molecule has 0 bridgehead atoms. The lowest BCUT2D eigenvalue weighted by Crippen LogP contribution is -2.17. The zero-order valence-electron chi connectivity index (χ0n) is 9.68. The van der Waals surface area contributed by atoms with Crippen molar-refractivity contribution in [2.24, 2.45) is 5.14 Å². The summed E-state index contributed by atoms with van der Waals surface area (Å²) >= 11 is 0. The van der Waals surface area contributed by atoms with Crippen LogP contribution < -0.4 is 9.66 Å². The Balaban J connectivity index is 2.87. The largest absolute Gasteiger partial charge is 0.546 e. The van der Waals surface area contributed by atoms with Gasteiger partial charge in [-0.1, -0.05) is 25.1 Å². The number of hydrogen-bond donors (Lipinski definition) is 1. The summed E-state index contributed by atoms with van der Waals surface area (Å²) in [5.41, 5.74) is 0. The van der Waals surface area contributed by atoms with Crippen LogP contribution in [0.25, 0.3) is 0 Å². The molecule has 0 fully saturated rings. The number of para-hydroxylation sites is 1. The summed E-state index contributed by atoms with van der Waals surface area (Å²) in [5.74, 6) is 0.153. The third kappa shape index (κ3) is 5.61. The van der Waals surface area contributed by atoms with Gasteiger partial charge >= 0.3 is 18.1 Å². The highest BCUT2D eigenvalue weighted by Gasteiger charge is 2.34. The molecule has 0 aliphatic carbocycles. The minimum atomic E-state index is -4.45. The SMILES string of the molecule is CCCOP(=O)(Oc1ccccc1)OS(N)(=O)=O. The summed E-state index contributed by atoms with van der Waals surface area (Å²) < 4.78 is 47.6. The smallest absolute Gasteiger partial charge is 0.403 e. The molecule has 7 nitrogen and oxygen atoms in total. The second-order valence-electron chi connectivity index (χ2n) is 3.25. The Kier molecular flexibility index (Phi) is 5.30. The lowest BCUT2D eigenvalue weighted by atomic mass is 10.3. The van der Waals surface area contributed by atoms with Crippen molar-refractivity contribution in [3.05, 3.63) is 30.3 Å². The van der Waals surface area contributed by atoms with Gasteiger partial charge in [-0.3, -0.25) is 4.52 Å².